The third-order valence-corrected chi connectivity index (χ3v) is 3.87. The largest absolute Gasteiger partial charge is 0.473 e. The van der Waals surface area contributed by atoms with Crippen LogP contribution in [0.4, 0.5) is 11.5 Å². The van der Waals surface area contributed by atoms with E-state index >= 15 is 0 Å². The zero-order chi connectivity index (χ0) is 15.2. The molecule has 1 fully saturated rings. The van der Waals surface area contributed by atoms with Gasteiger partial charge in [0.25, 0.3) is 0 Å². The lowest BCUT2D eigenvalue weighted by molar-refractivity contribution is 0.234. The number of hydrogen-bond donors (Lipinski definition) is 2. The zero-order valence-electron chi connectivity index (χ0n) is 13.1. The summed E-state index contributed by atoms with van der Waals surface area (Å²) in [7, 11) is 0. The van der Waals surface area contributed by atoms with Crippen molar-refractivity contribution in [2.75, 3.05) is 23.8 Å². The summed E-state index contributed by atoms with van der Waals surface area (Å²) in [4.78, 5) is 6.77. The molecular formula is C16H27N3O2. The monoisotopic (exact) mass is 293 g/mol. The Kier molecular flexibility index (Phi) is 5.67. The van der Waals surface area contributed by atoms with E-state index in [1.165, 1.54) is 19.3 Å². The van der Waals surface area contributed by atoms with Gasteiger partial charge in [0.2, 0.25) is 5.88 Å². The second-order valence-corrected chi connectivity index (χ2v) is 5.94. The maximum atomic E-state index is 9.37. The van der Waals surface area contributed by atoms with Crippen LogP contribution in [0.3, 0.4) is 0 Å². The molecule has 0 unspecified atom stereocenters. The van der Waals surface area contributed by atoms with Crippen LogP contribution in [0.2, 0.25) is 0 Å². The number of nitrogens with two attached hydrogens (primary N) is 1. The van der Waals surface area contributed by atoms with Crippen molar-refractivity contribution >= 4 is 11.5 Å². The van der Waals surface area contributed by atoms with Crippen LogP contribution < -0.4 is 15.4 Å². The number of nitrogens with zero attached hydrogens (tertiary/aromatic N) is 2. The Morgan fingerprint density at radius 1 is 1.33 bits per heavy atom. The molecule has 1 aromatic heterocycles. The van der Waals surface area contributed by atoms with Crippen LogP contribution in [0.25, 0.3) is 0 Å². The van der Waals surface area contributed by atoms with E-state index in [4.69, 9.17) is 10.5 Å². The van der Waals surface area contributed by atoms with Crippen molar-refractivity contribution in [3.63, 3.8) is 0 Å². The predicted molar refractivity (Wildman–Crippen MR) is 85.7 cm³/mol. The minimum absolute atomic E-state index is 0.0380. The van der Waals surface area contributed by atoms with Crippen LogP contribution in [-0.4, -0.2) is 35.4 Å². The molecule has 5 heteroatoms. The van der Waals surface area contributed by atoms with Crippen LogP contribution in [0.15, 0.2) is 12.1 Å². The van der Waals surface area contributed by atoms with Gasteiger partial charge in [0, 0.05) is 12.6 Å². The van der Waals surface area contributed by atoms with Gasteiger partial charge in [-0.1, -0.05) is 19.3 Å². The number of anilines is 2. The number of aromatic nitrogens is 1. The van der Waals surface area contributed by atoms with Crippen LogP contribution in [0.1, 0.15) is 46.0 Å². The molecule has 1 aliphatic carbocycles. The minimum Gasteiger partial charge on any atom is -0.473 e. The van der Waals surface area contributed by atoms with Crippen molar-refractivity contribution in [2.45, 2.75) is 58.1 Å². The first-order valence-electron chi connectivity index (χ1n) is 7.92. The fraction of sp³-hybridized carbons (Fsp3) is 0.688. The van der Waals surface area contributed by atoms with Crippen molar-refractivity contribution in [2.24, 2.45) is 0 Å². The van der Waals surface area contributed by atoms with Crippen LogP contribution in [0.5, 0.6) is 5.88 Å². The molecule has 0 radical (unpaired) electrons. The van der Waals surface area contributed by atoms with E-state index in [-0.39, 0.29) is 12.7 Å². The van der Waals surface area contributed by atoms with E-state index in [9.17, 15) is 5.11 Å². The fourth-order valence-corrected chi connectivity index (χ4v) is 2.90. The number of rotatable bonds is 6. The number of hydrogen-bond acceptors (Lipinski definition) is 5. The van der Waals surface area contributed by atoms with E-state index in [1.807, 2.05) is 26.0 Å². The van der Waals surface area contributed by atoms with E-state index < -0.39 is 0 Å². The maximum Gasteiger partial charge on any atom is 0.239 e. The highest BCUT2D eigenvalue weighted by Gasteiger charge is 2.22. The highest BCUT2D eigenvalue weighted by Crippen LogP contribution is 2.29. The van der Waals surface area contributed by atoms with Crippen molar-refractivity contribution in [3.8, 4) is 5.88 Å². The fourth-order valence-electron chi connectivity index (χ4n) is 2.90. The van der Waals surface area contributed by atoms with Gasteiger partial charge in [-0.3, -0.25) is 0 Å². The Balaban J connectivity index is 2.22. The molecule has 0 aliphatic heterocycles. The van der Waals surface area contributed by atoms with E-state index in [0.717, 1.165) is 18.7 Å². The lowest BCUT2D eigenvalue weighted by atomic mass is 9.94. The molecule has 3 N–H and O–H groups in total. The summed E-state index contributed by atoms with van der Waals surface area (Å²) in [5.41, 5.74) is 6.49. The number of aliphatic hydroxyl groups excluding tert-OH is 1. The molecule has 0 aromatic carbocycles. The molecule has 5 nitrogen and oxygen atoms in total. The average Bonchev–Trinajstić information content (AvgIpc) is 2.48. The first-order chi connectivity index (χ1) is 10.1. The Labute approximate surface area is 127 Å². The molecule has 0 saturated heterocycles. The van der Waals surface area contributed by atoms with E-state index in [1.54, 1.807) is 0 Å². The summed E-state index contributed by atoms with van der Waals surface area (Å²) >= 11 is 0. The van der Waals surface area contributed by atoms with Gasteiger partial charge < -0.3 is 20.5 Å². The average molecular weight is 293 g/mol. The van der Waals surface area contributed by atoms with Crippen molar-refractivity contribution in [1.29, 1.82) is 0 Å². The summed E-state index contributed by atoms with van der Waals surface area (Å²) in [5.74, 6) is 1.34. The SMILES string of the molecule is CC(C)Oc1nc(N(CCO)C2CCCCC2)ccc1N. The Hall–Kier alpha value is -1.49. The maximum absolute atomic E-state index is 9.37. The normalized spacial score (nSPS) is 16.2. The van der Waals surface area contributed by atoms with E-state index in [0.29, 0.717) is 24.2 Å². The molecule has 0 bridgehead atoms. The standard InChI is InChI=1S/C16H27N3O2/c1-12(2)21-16-14(17)8-9-15(18-16)19(10-11-20)13-6-4-3-5-7-13/h8-9,12-13,20H,3-7,10-11,17H2,1-2H3. The first-order valence-corrected chi connectivity index (χ1v) is 7.92. The van der Waals surface area contributed by atoms with Crippen LogP contribution in [0, 0.1) is 0 Å². The van der Waals surface area contributed by atoms with Gasteiger partial charge in [-0.05, 0) is 38.8 Å². The lowest BCUT2D eigenvalue weighted by Gasteiger charge is -2.35. The zero-order valence-corrected chi connectivity index (χ0v) is 13.1. The van der Waals surface area contributed by atoms with Gasteiger partial charge in [-0.15, -0.1) is 0 Å². The van der Waals surface area contributed by atoms with Gasteiger partial charge in [0.15, 0.2) is 0 Å². The van der Waals surface area contributed by atoms with Gasteiger partial charge in [0.1, 0.15) is 5.82 Å². The molecule has 0 atom stereocenters. The molecule has 1 saturated carbocycles. The molecular weight excluding hydrogens is 266 g/mol. The third kappa shape index (κ3) is 4.24. The third-order valence-electron chi connectivity index (χ3n) is 3.87. The molecule has 0 amide bonds. The summed E-state index contributed by atoms with van der Waals surface area (Å²) in [6.45, 7) is 4.65. The van der Waals surface area contributed by atoms with Crippen LogP contribution >= 0.6 is 0 Å². The number of pyridine rings is 1. The topological polar surface area (TPSA) is 71.6 Å². The van der Waals surface area contributed by atoms with Crippen molar-refractivity contribution < 1.29 is 9.84 Å². The van der Waals surface area contributed by atoms with Gasteiger partial charge in [-0.2, -0.15) is 4.98 Å². The first kappa shape index (κ1) is 15.9. The molecule has 1 aliphatic rings. The van der Waals surface area contributed by atoms with Gasteiger partial charge in [0.05, 0.1) is 18.4 Å². The molecule has 118 valence electrons. The number of aliphatic hydroxyl groups is 1. The van der Waals surface area contributed by atoms with Crippen LogP contribution in [-0.2, 0) is 0 Å². The predicted octanol–water partition coefficient (Wildman–Crippen LogP) is 2.58. The van der Waals surface area contributed by atoms with Gasteiger partial charge >= 0.3 is 0 Å². The molecule has 1 aromatic rings. The second-order valence-electron chi connectivity index (χ2n) is 5.94. The smallest absolute Gasteiger partial charge is 0.239 e. The number of nitrogen functional groups attached to an aromatic ring is 1. The highest BCUT2D eigenvalue weighted by atomic mass is 16.5. The number of ether oxygens (including phenoxy) is 1. The van der Waals surface area contributed by atoms with Crippen molar-refractivity contribution in [1.82, 2.24) is 4.98 Å². The van der Waals surface area contributed by atoms with Gasteiger partial charge in [-0.25, -0.2) is 0 Å². The summed E-state index contributed by atoms with van der Waals surface area (Å²) in [5, 5.41) is 9.37. The quantitative estimate of drug-likeness (QED) is 0.843. The van der Waals surface area contributed by atoms with E-state index in [2.05, 4.69) is 9.88 Å². The Morgan fingerprint density at radius 3 is 2.67 bits per heavy atom. The second kappa shape index (κ2) is 7.50. The molecule has 21 heavy (non-hydrogen) atoms. The Bertz CT molecular complexity index is 445. The molecule has 1 heterocycles. The highest BCUT2D eigenvalue weighted by molar-refractivity contribution is 5.55. The summed E-state index contributed by atoms with van der Waals surface area (Å²) in [6.07, 6.45) is 6.16. The minimum atomic E-state index is 0.0380. The summed E-state index contributed by atoms with van der Waals surface area (Å²) < 4.78 is 5.68. The lowest BCUT2D eigenvalue weighted by Crippen LogP contribution is -2.39. The summed E-state index contributed by atoms with van der Waals surface area (Å²) in [6, 6.07) is 4.22. The molecule has 2 rings (SSSR count). The Morgan fingerprint density at radius 2 is 2.05 bits per heavy atom. The van der Waals surface area contributed by atoms with Crippen molar-refractivity contribution in [3.05, 3.63) is 12.1 Å². The molecule has 0 spiro atoms.